The fraction of sp³-hybridized carbons (Fsp3) is 0.667. The van der Waals surface area contributed by atoms with Gasteiger partial charge < -0.3 is 15.2 Å². The van der Waals surface area contributed by atoms with Gasteiger partial charge in [0.15, 0.2) is 0 Å². The number of rotatable bonds is 6. The topological polar surface area (TPSA) is 59.0 Å². The van der Waals surface area contributed by atoms with Gasteiger partial charge in [0.2, 0.25) is 5.91 Å². The summed E-state index contributed by atoms with van der Waals surface area (Å²) in [4.78, 5) is 15.7. The molecule has 1 aliphatic rings. The number of aromatic nitrogens is 2. The molecule has 1 saturated heterocycles. The van der Waals surface area contributed by atoms with Crippen molar-refractivity contribution in [2.45, 2.75) is 25.4 Å². The van der Waals surface area contributed by atoms with Gasteiger partial charge in [-0.3, -0.25) is 4.79 Å². The molecule has 0 aliphatic carbocycles. The first-order chi connectivity index (χ1) is 8.84. The lowest BCUT2D eigenvalue weighted by Crippen LogP contribution is -2.41. The van der Waals surface area contributed by atoms with Gasteiger partial charge in [-0.05, 0) is 6.42 Å². The molecule has 5 nitrogen and oxygen atoms in total. The van der Waals surface area contributed by atoms with Crippen LogP contribution in [0.3, 0.4) is 0 Å². The van der Waals surface area contributed by atoms with Crippen molar-refractivity contribution in [2.24, 2.45) is 0 Å². The number of carbonyl (C=O) groups excluding carboxylic acids is 1. The zero-order valence-corrected chi connectivity index (χ0v) is 11.3. The van der Waals surface area contributed by atoms with Crippen LogP contribution in [0, 0.1) is 0 Å². The van der Waals surface area contributed by atoms with Crippen molar-refractivity contribution in [1.29, 1.82) is 0 Å². The van der Waals surface area contributed by atoms with E-state index in [9.17, 15) is 4.79 Å². The van der Waals surface area contributed by atoms with E-state index in [1.807, 2.05) is 22.5 Å². The Labute approximate surface area is 112 Å². The van der Waals surface area contributed by atoms with Crippen LogP contribution in [0.1, 0.15) is 12.8 Å². The molecular formula is C12H20N4OS. The van der Waals surface area contributed by atoms with Gasteiger partial charge in [0, 0.05) is 56.0 Å². The Morgan fingerprint density at radius 3 is 3.28 bits per heavy atom. The predicted octanol–water partition coefficient (Wildman–Crippen LogP) is 0.484. The normalized spacial score (nSPS) is 19.7. The molecule has 6 heteroatoms. The van der Waals surface area contributed by atoms with Crippen LogP contribution >= 0.6 is 11.8 Å². The van der Waals surface area contributed by atoms with Crippen LogP contribution in [0.15, 0.2) is 18.7 Å². The zero-order chi connectivity index (χ0) is 12.6. The van der Waals surface area contributed by atoms with Crippen molar-refractivity contribution < 1.29 is 4.79 Å². The Balaban J connectivity index is 1.54. The van der Waals surface area contributed by atoms with E-state index in [-0.39, 0.29) is 5.91 Å². The number of nitrogens with zero attached hydrogens (tertiary/aromatic N) is 2. The maximum atomic E-state index is 11.7. The van der Waals surface area contributed by atoms with Gasteiger partial charge in [-0.2, -0.15) is 11.8 Å². The van der Waals surface area contributed by atoms with Crippen molar-refractivity contribution in [2.75, 3.05) is 24.6 Å². The Kier molecular flexibility index (Phi) is 5.54. The van der Waals surface area contributed by atoms with Gasteiger partial charge in [-0.1, -0.05) is 0 Å². The third-order valence-electron chi connectivity index (χ3n) is 2.90. The number of hydrogen-bond donors (Lipinski definition) is 2. The first-order valence-electron chi connectivity index (χ1n) is 6.38. The van der Waals surface area contributed by atoms with E-state index in [0.717, 1.165) is 37.6 Å². The highest BCUT2D eigenvalue weighted by molar-refractivity contribution is 7.99. The summed E-state index contributed by atoms with van der Waals surface area (Å²) in [6.07, 6.45) is 7.04. The first kappa shape index (κ1) is 13.4. The van der Waals surface area contributed by atoms with Crippen LogP contribution in [-0.2, 0) is 11.3 Å². The van der Waals surface area contributed by atoms with Crippen molar-refractivity contribution in [3.63, 3.8) is 0 Å². The molecule has 1 aromatic rings. The van der Waals surface area contributed by atoms with Gasteiger partial charge in [0.05, 0.1) is 6.33 Å². The van der Waals surface area contributed by atoms with E-state index in [0.29, 0.717) is 12.5 Å². The summed E-state index contributed by atoms with van der Waals surface area (Å²) in [6.45, 7) is 2.65. The minimum atomic E-state index is 0.153. The highest BCUT2D eigenvalue weighted by atomic mass is 32.2. The first-order valence-corrected chi connectivity index (χ1v) is 7.53. The molecule has 2 heterocycles. The second-order valence-electron chi connectivity index (χ2n) is 4.43. The third-order valence-corrected chi connectivity index (χ3v) is 4.04. The molecule has 100 valence electrons. The Hall–Kier alpha value is -1.01. The molecule has 1 amide bonds. The monoisotopic (exact) mass is 268 g/mol. The summed E-state index contributed by atoms with van der Waals surface area (Å²) in [5.41, 5.74) is 0. The largest absolute Gasteiger partial charge is 0.356 e. The van der Waals surface area contributed by atoms with Gasteiger partial charge in [0.1, 0.15) is 0 Å². The average Bonchev–Trinajstić information content (AvgIpc) is 2.89. The number of imidazole rings is 1. The van der Waals surface area contributed by atoms with Gasteiger partial charge in [0.25, 0.3) is 0 Å². The number of carbonyl (C=O) groups is 1. The quantitative estimate of drug-likeness (QED) is 0.737. The minimum absolute atomic E-state index is 0.153. The van der Waals surface area contributed by atoms with Gasteiger partial charge in [-0.25, -0.2) is 4.98 Å². The molecule has 1 fully saturated rings. The summed E-state index contributed by atoms with van der Waals surface area (Å²) in [5, 5.41) is 6.34. The Morgan fingerprint density at radius 2 is 2.56 bits per heavy atom. The molecule has 0 spiro atoms. The summed E-state index contributed by atoms with van der Waals surface area (Å²) in [6, 6.07) is 0.345. The van der Waals surface area contributed by atoms with Crippen LogP contribution < -0.4 is 10.6 Å². The standard InChI is InChI=1S/C12H20N4OS/c17-12(8-11-9-18-7-4-14-11)15-2-1-5-16-6-3-13-10-16/h3,6,10-11,14H,1-2,4-5,7-9H2,(H,15,17). The predicted molar refractivity (Wildman–Crippen MR) is 73.6 cm³/mol. The highest BCUT2D eigenvalue weighted by Gasteiger charge is 2.15. The lowest BCUT2D eigenvalue weighted by molar-refractivity contribution is -0.121. The van der Waals surface area contributed by atoms with Crippen LogP contribution in [-0.4, -0.2) is 46.1 Å². The molecule has 1 unspecified atom stereocenters. The smallest absolute Gasteiger partial charge is 0.221 e. The summed E-state index contributed by atoms with van der Waals surface area (Å²) < 4.78 is 2.02. The van der Waals surface area contributed by atoms with Crippen molar-refractivity contribution in [1.82, 2.24) is 20.2 Å². The maximum Gasteiger partial charge on any atom is 0.221 e. The minimum Gasteiger partial charge on any atom is -0.356 e. The second kappa shape index (κ2) is 7.43. The second-order valence-corrected chi connectivity index (χ2v) is 5.58. The van der Waals surface area contributed by atoms with E-state index in [4.69, 9.17) is 0 Å². The van der Waals surface area contributed by atoms with Crippen LogP contribution in [0.2, 0.25) is 0 Å². The number of thioether (sulfide) groups is 1. The fourth-order valence-electron chi connectivity index (χ4n) is 1.96. The summed E-state index contributed by atoms with van der Waals surface area (Å²) in [5.74, 6) is 2.35. The fourth-order valence-corrected chi connectivity index (χ4v) is 2.90. The molecule has 0 saturated carbocycles. The van der Waals surface area contributed by atoms with E-state index < -0.39 is 0 Å². The lowest BCUT2D eigenvalue weighted by Gasteiger charge is -2.22. The molecule has 2 rings (SSSR count). The molecule has 1 aliphatic heterocycles. The average molecular weight is 268 g/mol. The summed E-state index contributed by atoms with van der Waals surface area (Å²) in [7, 11) is 0. The number of aryl methyl sites for hydroxylation is 1. The van der Waals surface area contributed by atoms with Crippen molar-refractivity contribution in [3.05, 3.63) is 18.7 Å². The van der Waals surface area contributed by atoms with Crippen molar-refractivity contribution >= 4 is 17.7 Å². The lowest BCUT2D eigenvalue weighted by atomic mass is 10.2. The molecule has 0 bridgehead atoms. The molecule has 1 atom stereocenters. The Morgan fingerprint density at radius 1 is 1.61 bits per heavy atom. The van der Waals surface area contributed by atoms with Crippen LogP contribution in [0.25, 0.3) is 0 Å². The number of amides is 1. The van der Waals surface area contributed by atoms with Crippen LogP contribution in [0.5, 0.6) is 0 Å². The molecule has 2 N–H and O–H groups in total. The third kappa shape index (κ3) is 4.70. The van der Waals surface area contributed by atoms with Crippen molar-refractivity contribution in [3.8, 4) is 0 Å². The van der Waals surface area contributed by atoms with E-state index in [1.165, 1.54) is 0 Å². The molecule has 0 aromatic carbocycles. The highest BCUT2D eigenvalue weighted by Crippen LogP contribution is 2.09. The van der Waals surface area contributed by atoms with E-state index >= 15 is 0 Å². The van der Waals surface area contributed by atoms with E-state index in [1.54, 1.807) is 12.5 Å². The molecule has 0 radical (unpaired) electrons. The summed E-state index contributed by atoms with van der Waals surface area (Å²) >= 11 is 1.92. The van der Waals surface area contributed by atoms with E-state index in [2.05, 4.69) is 15.6 Å². The number of hydrogen-bond acceptors (Lipinski definition) is 4. The van der Waals surface area contributed by atoms with Gasteiger partial charge >= 0.3 is 0 Å². The molecular weight excluding hydrogens is 248 g/mol. The molecule has 1 aromatic heterocycles. The maximum absolute atomic E-state index is 11.7. The molecule has 18 heavy (non-hydrogen) atoms. The Bertz CT molecular complexity index is 349. The zero-order valence-electron chi connectivity index (χ0n) is 10.5. The van der Waals surface area contributed by atoms with Gasteiger partial charge in [-0.15, -0.1) is 0 Å². The number of nitrogens with one attached hydrogen (secondary N) is 2. The van der Waals surface area contributed by atoms with Crippen LogP contribution in [0.4, 0.5) is 0 Å². The SMILES string of the molecule is O=C(CC1CSCCN1)NCCCn1ccnc1.